The number of carbonyl (C=O) groups excluding carboxylic acids is 1. The van der Waals surface area contributed by atoms with Crippen LogP contribution in [0.1, 0.15) is 32.1 Å². The van der Waals surface area contributed by atoms with Crippen LogP contribution in [0, 0.1) is 5.41 Å². The molecule has 1 aromatic rings. The van der Waals surface area contributed by atoms with Gasteiger partial charge in [0.25, 0.3) is 0 Å². The minimum Gasteiger partial charge on any atom is -0.506 e. The number of phenolic OH excluding ortho intramolecular Hbond substituents is 1. The van der Waals surface area contributed by atoms with Gasteiger partial charge in [0, 0.05) is 13.6 Å². The second kappa shape index (κ2) is 4.44. The Bertz CT molecular complexity index is 507. The molecule has 1 amide bonds. The predicted octanol–water partition coefficient (Wildman–Crippen LogP) is 2.73. The van der Waals surface area contributed by atoms with Crippen molar-refractivity contribution < 1.29 is 9.90 Å². The molecule has 102 valence electrons. The Morgan fingerprint density at radius 1 is 1.26 bits per heavy atom. The van der Waals surface area contributed by atoms with E-state index in [-0.39, 0.29) is 17.1 Å². The van der Waals surface area contributed by atoms with E-state index in [1.54, 1.807) is 12.1 Å². The van der Waals surface area contributed by atoms with Gasteiger partial charge in [-0.2, -0.15) is 0 Å². The van der Waals surface area contributed by atoms with Gasteiger partial charge in [0.15, 0.2) is 0 Å². The Morgan fingerprint density at radius 3 is 2.74 bits per heavy atom. The molecular weight excluding hydrogens is 240 g/mol. The second-order valence-electron chi connectivity index (χ2n) is 5.82. The molecule has 1 spiro atoms. The summed E-state index contributed by atoms with van der Waals surface area (Å²) in [5.41, 5.74) is 1.16. The zero-order valence-electron chi connectivity index (χ0n) is 11.3. The highest BCUT2D eigenvalue weighted by molar-refractivity contribution is 6.01. The highest BCUT2D eigenvalue weighted by Crippen LogP contribution is 2.44. The maximum Gasteiger partial charge on any atom is 0.232 e. The lowest BCUT2D eigenvalue weighted by atomic mass is 9.73. The van der Waals surface area contributed by atoms with E-state index in [0.29, 0.717) is 6.54 Å². The number of para-hydroxylation sites is 1. The zero-order chi connectivity index (χ0) is 13.5. The summed E-state index contributed by atoms with van der Waals surface area (Å²) in [4.78, 5) is 14.6. The maximum absolute atomic E-state index is 12.6. The monoisotopic (exact) mass is 260 g/mol. The van der Waals surface area contributed by atoms with Gasteiger partial charge in [-0.3, -0.25) is 4.79 Å². The van der Waals surface area contributed by atoms with Gasteiger partial charge in [-0.1, -0.05) is 25.3 Å². The summed E-state index contributed by atoms with van der Waals surface area (Å²) in [6.45, 7) is 0.684. The van der Waals surface area contributed by atoms with Crippen LogP contribution in [0.2, 0.25) is 0 Å². The van der Waals surface area contributed by atoms with Gasteiger partial charge in [0.1, 0.15) is 11.4 Å². The summed E-state index contributed by atoms with van der Waals surface area (Å²) in [5.74, 6) is 0.344. The highest BCUT2D eigenvalue weighted by Gasteiger charge is 2.43. The Morgan fingerprint density at radius 2 is 2.00 bits per heavy atom. The van der Waals surface area contributed by atoms with Gasteiger partial charge in [-0.25, -0.2) is 0 Å². The number of nitrogens with one attached hydrogen (secondary N) is 1. The Labute approximate surface area is 113 Å². The van der Waals surface area contributed by atoms with Crippen LogP contribution in [-0.2, 0) is 4.79 Å². The third kappa shape index (κ3) is 1.95. The molecule has 0 saturated heterocycles. The highest BCUT2D eigenvalue weighted by atomic mass is 16.3. The van der Waals surface area contributed by atoms with Crippen LogP contribution in [0.3, 0.4) is 0 Å². The molecule has 1 aliphatic heterocycles. The maximum atomic E-state index is 12.6. The summed E-state index contributed by atoms with van der Waals surface area (Å²) in [5, 5.41) is 13.0. The van der Waals surface area contributed by atoms with E-state index in [4.69, 9.17) is 0 Å². The fourth-order valence-corrected chi connectivity index (χ4v) is 3.51. The lowest BCUT2D eigenvalue weighted by Gasteiger charge is -2.36. The van der Waals surface area contributed by atoms with E-state index in [0.717, 1.165) is 37.1 Å². The molecule has 2 N–H and O–H groups in total. The molecule has 1 fully saturated rings. The van der Waals surface area contributed by atoms with Gasteiger partial charge in [-0.15, -0.1) is 0 Å². The summed E-state index contributed by atoms with van der Waals surface area (Å²) in [7, 11) is 1.95. The van der Waals surface area contributed by atoms with E-state index in [9.17, 15) is 9.90 Å². The van der Waals surface area contributed by atoms with Crippen molar-refractivity contribution >= 4 is 17.3 Å². The average Bonchev–Trinajstić information content (AvgIpc) is 2.48. The van der Waals surface area contributed by atoms with Crippen LogP contribution in [0.25, 0.3) is 0 Å². The van der Waals surface area contributed by atoms with E-state index in [1.165, 1.54) is 6.42 Å². The Hall–Kier alpha value is -1.71. The van der Waals surface area contributed by atoms with Crippen molar-refractivity contribution in [2.45, 2.75) is 32.1 Å². The van der Waals surface area contributed by atoms with Gasteiger partial charge < -0.3 is 15.3 Å². The largest absolute Gasteiger partial charge is 0.506 e. The van der Waals surface area contributed by atoms with E-state index >= 15 is 0 Å². The molecule has 19 heavy (non-hydrogen) atoms. The number of nitrogens with zero attached hydrogens (tertiary/aromatic N) is 1. The molecular formula is C15H20N2O2. The van der Waals surface area contributed by atoms with Gasteiger partial charge in [-0.05, 0) is 25.0 Å². The first kappa shape index (κ1) is 12.3. The molecule has 2 aliphatic rings. The number of rotatable bonds is 0. The molecule has 3 rings (SSSR count). The van der Waals surface area contributed by atoms with Crippen molar-refractivity contribution in [2.24, 2.45) is 5.41 Å². The third-order valence-corrected chi connectivity index (χ3v) is 4.48. The molecule has 4 heteroatoms. The molecule has 1 saturated carbocycles. The molecule has 1 heterocycles. The van der Waals surface area contributed by atoms with Crippen LogP contribution in [-0.4, -0.2) is 24.6 Å². The minimum absolute atomic E-state index is 0.114. The molecule has 0 unspecified atom stereocenters. The summed E-state index contributed by atoms with van der Waals surface area (Å²) in [6.07, 6.45) is 5.33. The van der Waals surface area contributed by atoms with Crippen LogP contribution in [0.15, 0.2) is 18.2 Å². The van der Waals surface area contributed by atoms with Crippen molar-refractivity contribution in [1.82, 2.24) is 0 Å². The van der Waals surface area contributed by atoms with Crippen LogP contribution in [0.5, 0.6) is 5.75 Å². The predicted molar refractivity (Wildman–Crippen MR) is 75.5 cm³/mol. The molecule has 0 bridgehead atoms. The molecule has 4 nitrogen and oxygen atoms in total. The minimum atomic E-state index is -0.293. The number of fused-ring (bicyclic) bond motifs is 1. The SMILES string of the molecule is CN1CC2(CCCCC2)C(=O)Nc2cccc(O)c21. The van der Waals surface area contributed by atoms with Crippen LogP contribution >= 0.6 is 0 Å². The molecule has 1 aliphatic carbocycles. The Kier molecular flexibility index (Phi) is 2.88. The van der Waals surface area contributed by atoms with Crippen molar-refractivity contribution in [2.75, 3.05) is 23.8 Å². The molecule has 0 radical (unpaired) electrons. The first-order valence-corrected chi connectivity index (χ1v) is 6.97. The first-order valence-electron chi connectivity index (χ1n) is 6.97. The number of hydrogen-bond donors (Lipinski definition) is 2. The lowest BCUT2D eigenvalue weighted by Crippen LogP contribution is -2.44. The number of anilines is 2. The fourth-order valence-electron chi connectivity index (χ4n) is 3.51. The quantitative estimate of drug-likeness (QED) is 0.754. The lowest BCUT2D eigenvalue weighted by molar-refractivity contribution is -0.126. The fraction of sp³-hybridized carbons (Fsp3) is 0.533. The topological polar surface area (TPSA) is 52.6 Å². The summed E-state index contributed by atoms with van der Waals surface area (Å²) < 4.78 is 0. The van der Waals surface area contributed by atoms with Crippen molar-refractivity contribution in [3.05, 3.63) is 18.2 Å². The second-order valence-corrected chi connectivity index (χ2v) is 5.82. The van der Waals surface area contributed by atoms with Crippen molar-refractivity contribution in [1.29, 1.82) is 0 Å². The Balaban J connectivity index is 2.02. The molecule has 1 aromatic carbocycles. The number of phenols is 1. The van der Waals surface area contributed by atoms with E-state index < -0.39 is 0 Å². The molecule has 0 atom stereocenters. The van der Waals surface area contributed by atoms with E-state index in [1.807, 2.05) is 18.0 Å². The normalized spacial score (nSPS) is 21.7. The standard InChI is InChI=1S/C15H20N2O2/c1-17-10-15(8-3-2-4-9-15)14(19)16-11-6-5-7-12(18)13(11)17/h5-7,18H,2-4,8-10H2,1H3,(H,16,19). The van der Waals surface area contributed by atoms with Gasteiger partial charge >= 0.3 is 0 Å². The average molecular weight is 260 g/mol. The number of benzene rings is 1. The summed E-state index contributed by atoms with van der Waals surface area (Å²) in [6, 6.07) is 5.28. The summed E-state index contributed by atoms with van der Waals surface area (Å²) >= 11 is 0. The number of amides is 1. The van der Waals surface area contributed by atoms with Crippen LogP contribution in [0.4, 0.5) is 11.4 Å². The van der Waals surface area contributed by atoms with Crippen molar-refractivity contribution in [3.63, 3.8) is 0 Å². The third-order valence-electron chi connectivity index (χ3n) is 4.48. The van der Waals surface area contributed by atoms with Gasteiger partial charge in [0.05, 0.1) is 11.1 Å². The zero-order valence-corrected chi connectivity index (χ0v) is 11.3. The first-order chi connectivity index (χ1) is 9.12. The number of aromatic hydroxyl groups is 1. The number of carbonyl (C=O) groups is 1. The molecule has 0 aromatic heterocycles. The number of hydrogen-bond acceptors (Lipinski definition) is 3. The van der Waals surface area contributed by atoms with Crippen molar-refractivity contribution in [3.8, 4) is 5.75 Å². The van der Waals surface area contributed by atoms with Gasteiger partial charge in [0.2, 0.25) is 5.91 Å². The van der Waals surface area contributed by atoms with Crippen LogP contribution < -0.4 is 10.2 Å². The smallest absolute Gasteiger partial charge is 0.232 e. The van der Waals surface area contributed by atoms with E-state index in [2.05, 4.69) is 5.32 Å².